The first kappa shape index (κ1) is 23.0. The van der Waals surface area contributed by atoms with Gasteiger partial charge in [0, 0.05) is 19.1 Å². The smallest absolute Gasteiger partial charge is 0.258 e. The molecule has 11 nitrogen and oxygen atoms in total. The number of amides is 1. The minimum absolute atomic E-state index is 0.0106. The molecule has 184 valence electrons. The van der Waals surface area contributed by atoms with Crippen LogP contribution in [0.2, 0.25) is 0 Å². The van der Waals surface area contributed by atoms with E-state index in [2.05, 4.69) is 20.3 Å². The molecular formula is C23H28FN9O2. The molecule has 2 atom stereocenters. The van der Waals surface area contributed by atoms with Crippen molar-refractivity contribution in [1.29, 1.82) is 0 Å². The molecule has 1 amide bonds. The predicted molar refractivity (Wildman–Crippen MR) is 131 cm³/mol. The van der Waals surface area contributed by atoms with Gasteiger partial charge in [-0.1, -0.05) is 12.8 Å². The van der Waals surface area contributed by atoms with Crippen molar-refractivity contribution in [2.75, 3.05) is 35.4 Å². The fourth-order valence-electron chi connectivity index (χ4n) is 4.48. The molecule has 35 heavy (non-hydrogen) atoms. The molecule has 7 N–H and O–H groups in total. The van der Waals surface area contributed by atoms with E-state index in [0.717, 1.165) is 31.7 Å². The number of nitrogens with two attached hydrogens (primary N) is 3. The van der Waals surface area contributed by atoms with E-state index in [0.29, 0.717) is 41.6 Å². The van der Waals surface area contributed by atoms with Crippen LogP contribution in [0.15, 0.2) is 24.3 Å². The fraction of sp³-hybridized carbons (Fsp3) is 0.391. The highest BCUT2D eigenvalue weighted by Crippen LogP contribution is 2.33. The molecule has 0 radical (unpaired) electrons. The third-order valence-electron chi connectivity index (χ3n) is 6.49. The Hall–Kier alpha value is -3.77. The molecule has 12 heteroatoms. The van der Waals surface area contributed by atoms with Gasteiger partial charge in [-0.2, -0.15) is 0 Å². The Balaban J connectivity index is 1.53. The normalized spacial score (nSPS) is 19.7. The molecule has 1 aromatic carbocycles. The second-order valence-corrected chi connectivity index (χ2v) is 8.92. The number of anilines is 4. The first-order valence-corrected chi connectivity index (χ1v) is 11.5. The number of aromatic nitrogens is 3. The van der Waals surface area contributed by atoms with Gasteiger partial charge in [-0.3, -0.25) is 9.80 Å². The van der Waals surface area contributed by atoms with Gasteiger partial charge in [-0.25, -0.2) is 25.2 Å². The van der Waals surface area contributed by atoms with Crippen molar-refractivity contribution in [3.63, 3.8) is 0 Å². The maximum atomic E-state index is 14.9. The minimum Gasteiger partial charge on any atom is -0.473 e. The van der Waals surface area contributed by atoms with Gasteiger partial charge in [0.2, 0.25) is 0 Å². The summed E-state index contributed by atoms with van der Waals surface area (Å²) < 4.78 is 20.5. The van der Waals surface area contributed by atoms with Crippen LogP contribution in [0.3, 0.4) is 0 Å². The summed E-state index contributed by atoms with van der Waals surface area (Å²) in [7, 11) is 1.91. The molecule has 3 heterocycles. The van der Waals surface area contributed by atoms with Gasteiger partial charge in [0.1, 0.15) is 6.61 Å². The second-order valence-electron chi connectivity index (χ2n) is 8.92. The van der Waals surface area contributed by atoms with Gasteiger partial charge in [0.05, 0.1) is 28.8 Å². The molecular weight excluding hydrogens is 453 g/mol. The van der Waals surface area contributed by atoms with Crippen molar-refractivity contribution in [3.8, 4) is 5.88 Å². The molecule has 1 fully saturated rings. The molecule has 0 spiro atoms. The van der Waals surface area contributed by atoms with Crippen LogP contribution in [0, 0.1) is 5.82 Å². The number of halogens is 1. The number of ether oxygens (including phenoxy) is 1. The van der Waals surface area contributed by atoms with Gasteiger partial charge < -0.3 is 26.4 Å². The number of hydrogen-bond acceptors (Lipinski definition) is 10. The SMILES string of the molecule is CN1CCOc2nc3ccc(N(N)c4nc(N[C@@H]5CCCC[C@@H]5N)c(F)cc4C(N)=O)cc3nc21. The van der Waals surface area contributed by atoms with E-state index in [9.17, 15) is 9.18 Å². The Morgan fingerprint density at radius 1 is 1.20 bits per heavy atom. The molecule has 3 aromatic rings. The summed E-state index contributed by atoms with van der Waals surface area (Å²) in [6, 6.07) is 5.95. The number of nitrogens with one attached hydrogen (secondary N) is 1. The number of hydrogen-bond donors (Lipinski definition) is 4. The zero-order chi connectivity index (χ0) is 24.7. The zero-order valence-corrected chi connectivity index (χ0v) is 19.4. The number of carbonyl (C=O) groups is 1. The molecule has 0 unspecified atom stereocenters. The highest BCUT2D eigenvalue weighted by molar-refractivity contribution is 5.99. The minimum atomic E-state index is -0.851. The summed E-state index contributed by atoms with van der Waals surface area (Å²) in [5.41, 5.74) is 13.2. The third kappa shape index (κ3) is 4.37. The molecule has 1 aliphatic heterocycles. The highest BCUT2D eigenvalue weighted by Gasteiger charge is 2.26. The first-order chi connectivity index (χ1) is 16.8. The Bertz CT molecular complexity index is 1290. The van der Waals surface area contributed by atoms with Crippen molar-refractivity contribution < 1.29 is 13.9 Å². The number of primary amides is 1. The number of carbonyl (C=O) groups excluding carboxylic acids is 1. The van der Waals surface area contributed by atoms with Crippen LogP contribution in [0.5, 0.6) is 5.88 Å². The zero-order valence-electron chi connectivity index (χ0n) is 19.4. The summed E-state index contributed by atoms with van der Waals surface area (Å²) in [6.07, 6.45) is 3.67. The van der Waals surface area contributed by atoms with Crippen LogP contribution in [0.25, 0.3) is 11.0 Å². The number of nitrogens with zero attached hydrogens (tertiary/aromatic N) is 5. The average molecular weight is 482 g/mol. The largest absolute Gasteiger partial charge is 0.473 e. The van der Waals surface area contributed by atoms with E-state index >= 15 is 0 Å². The number of likely N-dealkylation sites (N-methyl/N-ethyl adjacent to an activating group) is 1. The van der Waals surface area contributed by atoms with Crippen LogP contribution in [-0.2, 0) is 0 Å². The van der Waals surface area contributed by atoms with Crippen LogP contribution in [-0.4, -0.2) is 53.1 Å². The topological polar surface area (TPSA) is 162 Å². The summed E-state index contributed by atoms with van der Waals surface area (Å²) >= 11 is 0. The maximum absolute atomic E-state index is 14.9. The van der Waals surface area contributed by atoms with E-state index in [1.54, 1.807) is 18.2 Å². The lowest BCUT2D eigenvalue weighted by atomic mass is 9.91. The maximum Gasteiger partial charge on any atom is 0.258 e. The number of hydrazine groups is 1. The fourth-order valence-corrected chi connectivity index (χ4v) is 4.48. The third-order valence-corrected chi connectivity index (χ3v) is 6.49. The molecule has 0 bridgehead atoms. The van der Waals surface area contributed by atoms with E-state index < -0.39 is 11.7 Å². The van der Waals surface area contributed by atoms with Gasteiger partial charge in [0.15, 0.2) is 23.3 Å². The Morgan fingerprint density at radius 2 is 2.00 bits per heavy atom. The van der Waals surface area contributed by atoms with E-state index in [-0.39, 0.29) is 29.3 Å². The predicted octanol–water partition coefficient (Wildman–Crippen LogP) is 1.78. The van der Waals surface area contributed by atoms with Crippen molar-refractivity contribution >= 4 is 40.1 Å². The summed E-state index contributed by atoms with van der Waals surface area (Å²) in [5, 5.41) is 4.28. The van der Waals surface area contributed by atoms with Crippen LogP contribution in [0.1, 0.15) is 36.0 Å². The number of benzene rings is 1. The Morgan fingerprint density at radius 3 is 2.77 bits per heavy atom. The lowest BCUT2D eigenvalue weighted by molar-refractivity contribution is 0.1000. The van der Waals surface area contributed by atoms with Gasteiger partial charge in [-0.15, -0.1) is 0 Å². The monoisotopic (exact) mass is 481 g/mol. The molecule has 2 aliphatic rings. The van der Waals surface area contributed by atoms with Crippen molar-refractivity contribution in [1.82, 2.24) is 15.0 Å². The van der Waals surface area contributed by atoms with Gasteiger partial charge in [-0.05, 0) is 37.1 Å². The molecule has 1 aliphatic carbocycles. The summed E-state index contributed by atoms with van der Waals surface area (Å²) in [4.78, 5) is 27.6. The van der Waals surface area contributed by atoms with Crippen LogP contribution < -0.4 is 37.3 Å². The molecule has 2 aromatic heterocycles. The Labute approximate surface area is 201 Å². The van der Waals surface area contributed by atoms with Crippen molar-refractivity contribution in [2.45, 2.75) is 37.8 Å². The number of rotatable bonds is 5. The van der Waals surface area contributed by atoms with Gasteiger partial charge in [0.25, 0.3) is 11.8 Å². The summed E-state index contributed by atoms with van der Waals surface area (Å²) in [6.45, 7) is 1.23. The van der Waals surface area contributed by atoms with Crippen molar-refractivity contribution in [2.24, 2.45) is 17.3 Å². The number of pyridine rings is 1. The quantitative estimate of drug-likeness (QED) is 0.312. The van der Waals surface area contributed by atoms with Crippen LogP contribution >= 0.6 is 0 Å². The van der Waals surface area contributed by atoms with E-state index in [4.69, 9.17) is 22.0 Å². The second kappa shape index (κ2) is 9.12. The first-order valence-electron chi connectivity index (χ1n) is 11.5. The van der Waals surface area contributed by atoms with Crippen molar-refractivity contribution in [3.05, 3.63) is 35.6 Å². The highest BCUT2D eigenvalue weighted by atomic mass is 19.1. The van der Waals surface area contributed by atoms with Gasteiger partial charge >= 0.3 is 0 Å². The standard InChI is InChI=1S/C23H28FN9O2/c1-32-8-9-35-23-22(32)29-18-10-12(6-7-17(18)30-23)33(27)21-13(19(26)34)11-14(24)20(31-21)28-16-5-3-2-4-15(16)25/h6-7,10-11,15-16H,2-5,8-9,25,27H2,1H3,(H2,26,34)(H,28,31)/t15-,16+/m0/s1. The lowest BCUT2D eigenvalue weighted by Crippen LogP contribution is -2.43. The average Bonchev–Trinajstić information content (AvgIpc) is 2.84. The molecule has 1 saturated carbocycles. The molecule has 0 saturated heterocycles. The Kier molecular flexibility index (Phi) is 5.99. The number of fused-ring (bicyclic) bond motifs is 2. The van der Waals surface area contributed by atoms with E-state index in [1.807, 2.05) is 11.9 Å². The van der Waals surface area contributed by atoms with E-state index in [1.165, 1.54) is 5.01 Å². The lowest BCUT2D eigenvalue weighted by Gasteiger charge is -2.30. The van der Waals surface area contributed by atoms with Crippen LogP contribution in [0.4, 0.5) is 27.5 Å². The summed E-state index contributed by atoms with van der Waals surface area (Å²) in [5.74, 6) is 5.91. The molecule has 5 rings (SSSR count).